The summed E-state index contributed by atoms with van der Waals surface area (Å²) in [7, 11) is 1.83. The summed E-state index contributed by atoms with van der Waals surface area (Å²) in [5.41, 5.74) is 1.16. The summed E-state index contributed by atoms with van der Waals surface area (Å²) in [6.45, 7) is 5.43. The molecule has 3 rings (SSSR count). The standard InChI is InChI=1S/C19H31N5O/c1-15-14-24(10-11-25-15)18-9-8-16(12-21-18)13-22-19(20-2)23-17-6-4-3-5-7-17/h8-9,12,15,17H,3-7,10-11,13-14H2,1-2H3,(H2,20,22,23). The molecule has 2 heterocycles. The molecule has 1 aromatic rings. The fourth-order valence-corrected chi connectivity index (χ4v) is 3.56. The van der Waals surface area contributed by atoms with Crippen LogP contribution in [-0.4, -0.2) is 49.8 Å². The van der Waals surface area contributed by atoms with E-state index in [1.807, 2.05) is 13.2 Å². The maximum Gasteiger partial charge on any atom is 0.191 e. The van der Waals surface area contributed by atoms with Gasteiger partial charge in [-0.2, -0.15) is 0 Å². The SMILES string of the molecule is CN=C(NCc1ccc(N2CCOC(C)C2)nc1)NC1CCCCC1. The normalized spacial score (nSPS) is 22.7. The molecule has 2 aliphatic rings. The Morgan fingerprint density at radius 1 is 1.32 bits per heavy atom. The average Bonchev–Trinajstić information content (AvgIpc) is 2.66. The third kappa shape index (κ3) is 5.33. The van der Waals surface area contributed by atoms with Crippen LogP contribution >= 0.6 is 0 Å². The summed E-state index contributed by atoms with van der Waals surface area (Å²) in [6, 6.07) is 4.80. The van der Waals surface area contributed by atoms with Gasteiger partial charge in [0.05, 0.1) is 12.7 Å². The van der Waals surface area contributed by atoms with Crippen molar-refractivity contribution in [3.8, 4) is 0 Å². The lowest BCUT2D eigenvalue weighted by molar-refractivity contribution is 0.0529. The van der Waals surface area contributed by atoms with Crippen LogP contribution in [0.4, 0.5) is 5.82 Å². The van der Waals surface area contributed by atoms with Crippen molar-refractivity contribution in [3.63, 3.8) is 0 Å². The van der Waals surface area contributed by atoms with Crippen LogP contribution in [-0.2, 0) is 11.3 Å². The van der Waals surface area contributed by atoms with Gasteiger partial charge in [0.25, 0.3) is 0 Å². The quantitative estimate of drug-likeness (QED) is 0.648. The third-order valence-electron chi connectivity index (χ3n) is 5.00. The molecule has 1 aliphatic heterocycles. The number of hydrogen-bond acceptors (Lipinski definition) is 4. The Kier molecular flexibility index (Phi) is 6.50. The van der Waals surface area contributed by atoms with Crippen molar-refractivity contribution >= 4 is 11.8 Å². The summed E-state index contributed by atoms with van der Waals surface area (Å²) in [6.07, 6.45) is 8.72. The molecule has 1 aromatic heterocycles. The van der Waals surface area contributed by atoms with Crippen LogP contribution in [0.15, 0.2) is 23.3 Å². The van der Waals surface area contributed by atoms with E-state index in [9.17, 15) is 0 Å². The Morgan fingerprint density at radius 2 is 2.16 bits per heavy atom. The smallest absolute Gasteiger partial charge is 0.191 e. The van der Waals surface area contributed by atoms with E-state index in [0.29, 0.717) is 6.04 Å². The van der Waals surface area contributed by atoms with Gasteiger partial charge in [-0.3, -0.25) is 4.99 Å². The lowest BCUT2D eigenvalue weighted by Gasteiger charge is -2.32. The largest absolute Gasteiger partial charge is 0.375 e. The summed E-state index contributed by atoms with van der Waals surface area (Å²) in [5.74, 6) is 1.92. The zero-order valence-electron chi connectivity index (χ0n) is 15.5. The monoisotopic (exact) mass is 345 g/mol. The molecule has 138 valence electrons. The molecule has 0 spiro atoms. The fourth-order valence-electron chi connectivity index (χ4n) is 3.56. The molecular weight excluding hydrogens is 314 g/mol. The number of aromatic nitrogens is 1. The summed E-state index contributed by atoms with van der Waals surface area (Å²) < 4.78 is 5.59. The first-order chi connectivity index (χ1) is 12.2. The van der Waals surface area contributed by atoms with Gasteiger partial charge in [-0.15, -0.1) is 0 Å². The Bertz CT molecular complexity index is 553. The van der Waals surface area contributed by atoms with Gasteiger partial charge in [0.15, 0.2) is 5.96 Å². The number of pyridine rings is 1. The Balaban J connectivity index is 1.48. The van der Waals surface area contributed by atoms with Crippen LogP contribution in [0, 0.1) is 0 Å². The number of hydrogen-bond donors (Lipinski definition) is 2. The van der Waals surface area contributed by atoms with Crippen molar-refractivity contribution in [2.75, 3.05) is 31.6 Å². The van der Waals surface area contributed by atoms with Crippen molar-refractivity contribution < 1.29 is 4.74 Å². The van der Waals surface area contributed by atoms with E-state index in [1.54, 1.807) is 0 Å². The fraction of sp³-hybridized carbons (Fsp3) is 0.684. The van der Waals surface area contributed by atoms with Crippen LogP contribution < -0.4 is 15.5 Å². The summed E-state index contributed by atoms with van der Waals surface area (Å²) in [4.78, 5) is 11.3. The average molecular weight is 345 g/mol. The van der Waals surface area contributed by atoms with Crippen LogP contribution in [0.5, 0.6) is 0 Å². The minimum absolute atomic E-state index is 0.270. The second kappa shape index (κ2) is 9.04. The van der Waals surface area contributed by atoms with Gasteiger partial charge < -0.3 is 20.3 Å². The van der Waals surface area contributed by atoms with E-state index < -0.39 is 0 Å². The molecule has 1 unspecified atom stereocenters. The number of aliphatic imine (C=N–C) groups is 1. The molecule has 2 N–H and O–H groups in total. The van der Waals surface area contributed by atoms with E-state index in [4.69, 9.17) is 4.74 Å². The maximum absolute atomic E-state index is 5.59. The van der Waals surface area contributed by atoms with Gasteiger partial charge in [-0.05, 0) is 31.4 Å². The minimum Gasteiger partial charge on any atom is -0.375 e. The Morgan fingerprint density at radius 3 is 2.84 bits per heavy atom. The van der Waals surface area contributed by atoms with Crippen LogP contribution in [0.2, 0.25) is 0 Å². The van der Waals surface area contributed by atoms with Gasteiger partial charge in [-0.25, -0.2) is 4.98 Å². The molecule has 0 aromatic carbocycles. The molecule has 0 amide bonds. The Labute approximate surface area is 151 Å². The second-order valence-corrected chi connectivity index (χ2v) is 7.06. The van der Waals surface area contributed by atoms with Gasteiger partial charge >= 0.3 is 0 Å². The van der Waals surface area contributed by atoms with Crippen LogP contribution in [0.25, 0.3) is 0 Å². The number of morpholine rings is 1. The topological polar surface area (TPSA) is 61.8 Å². The number of nitrogens with one attached hydrogen (secondary N) is 2. The van der Waals surface area contributed by atoms with Gasteiger partial charge in [0, 0.05) is 38.9 Å². The molecule has 1 aliphatic carbocycles. The van der Waals surface area contributed by atoms with E-state index in [-0.39, 0.29) is 6.10 Å². The lowest BCUT2D eigenvalue weighted by atomic mass is 9.96. The molecule has 1 saturated carbocycles. The second-order valence-electron chi connectivity index (χ2n) is 7.06. The number of nitrogens with zero attached hydrogens (tertiary/aromatic N) is 3. The van der Waals surface area contributed by atoms with E-state index >= 15 is 0 Å². The highest BCUT2D eigenvalue weighted by Gasteiger charge is 2.18. The molecule has 25 heavy (non-hydrogen) atoms. The summed E-state index contributed by atoms with van der Waals surface area (Å²) >= 11 is 0. The van der Waals surface area contributed by atoms with Crippen molar-refractivity contribution in [1.29, 1.82) is 0 Å². The Hall–Kier alpha value is -1.82. The molecule has 6 nitrogen and oxygen atoms in total. The molecule has 1 atom stereocenters. The molecular formula is C19H31N5O. The van der Waals surface area contributed by atoms with Gasteiger partial charge in [0.2, 0.25) is 0 Å². The predicted octanol–water partition coefficient (Wildman–Crippen LogP) is 2.30. The minimum atomic E-state index is 0.270. The van der Waals surface area contributed by atoms with Crippen molar-refractivity contribution in [2.24, 2.45) is 4.99 Å². The molecule has 0 radical (unpaired) electrons. The highest BCUT2D eigenvalue weighted by Crippen LogP contribution is 2.17. The number of rotatable bonds is 4. The first-order valence-corrected chi connectivity index (χ1v) is 9.53. The first-order valence-electron chi connectivity index (χ1n) is 9.53. The molecule has 6 heteroatoms. The zero-order chi connectivity index (χ0) is 17.5. The highest BCUT2D eigenvalue weighted by atomic mass is 16.5. The van der Waals surface area contributed by atoms with E-state index in [2.05, 4.69) is 44.6 Å². The van der Waals surface area contributed by atoms with Crippen molar-refractivity contribution in [1.82, 2.24) is 15.6 Å². The van der Waals surface area contributed by atoms with E-state index in [1.165, 1.54) is 32.1 Å². The van der Waals surface area contributed by atoms with E-state index in [0.717, 1.165) is 43.6 Å². The maximum atomic E-state index is 5.59. The number of ether oxygens (including phenoxy) is 1. The van der Waals surface area contributed by atoms with Crippen LogP contribution in [0.3, 0.4) is 0 Å². The number of guanidine groups is 1. The van der Waals surface area contributed by atoms with Crippen molar-refractivity contribution in [3.05, 3.63) is 23.9 Å². The van der Waals surface area contributed by atoms with Crippen molar-refractivity contribution in [2.45, 2.75) is 57.7 Å². The highest BCUT2D eigenvalue weighted by molar-refractivity contribution is 5.79. The van der Waals surface area contributed by atoms with Crippen LogP contribution in [0.1, 0.15) is 44.6 Å². The molecule has 0 bridgehead atoms. The third-order valence-corrected chi connectivity index (χ3v) is 5.00. The van der Waals surface area contributed by atoms with Gasteiger partial charge in [0.1, 0.15) is 5.82 Å². The van der Waals surface area contributed by atoms with Gasteiger partial charge in [-0.1, -0.05) is 25.3 Å². The lowest BCUT2D eigenvalue weighted by Crippen LogP contribution is -2.43. The first kappa shape index (κ1) is 18.0. The summed E-state index contributed by atoms with van der Waals surface area (Å²) in [5, 5.41) is 6.94. The number of anilines is 1. The molecule has 1 saturated heterocycles. The zero-order valence-corrected chi connectivity index (χ0v) is 15.5. The predicted molar refractivity (Wildman–Crippen MR) is 102 cm³/mol. The molecule has 2 fully saturated rings.